The van der Waals surface area contributed by atoms with Crippen molar-refractivity contribution in [2.45, 2.75) is 25.1 Å². The monoisotopic (exact) mass is 378 g/mol. The predicted octanol–water partition coefficient (Wildman–Crippen LogP) is 2.87. The Hall–Kier alpha value is -2.46. The Kier molecular flexibility index (Phi) is 7.74. The maximum Gasteiger partial charge on any atom is 0.416 e. The van der Waals surface area contributed by atoms with E-state index < -0.39 is 11.7 Å². The van der Waals surface area contributed by atoms with Crippen LogP contribution in [0.1, 0.15) is 24.0 Å². The van der Waals surface area contributed by atoms with Gasteiger partial charge in [-0.1, -0.05) is 24.0 Å². The quantitative estimate of drug-likeness (QED) is 0.366. The molecular formula is C20H25F3N4. The van der Waals surface area contributed by atoms with Gasteiger partial charge in [-0.3, -0.25) is 9.89 Å². The van der Waals surface area contributed by atoms with Gasteiger partial charge in [0.05, 0.1) is 12.1 Å². The standard InChI is InChI=1S/C20H25F3N4/c1-3-12-27-13-9-18(10-14-27)26-19(24-2)25-11-5-7-16-6-4-8-17(15-16)20(21,22)23/h3-4,6,8,15,18H,1,9-14H2,2H3,(H2,24,25,26). The summed E-state index contributed by atoms with van der Waals surface area (Å²) in [7, 11) is 1.68. The Morgan fingerprint density at radius 2 is 2.11 bits per heavy atom. The summed E-state index contributed by atoms with van der Waals surface area (Å²) in [5, 5.41) is 6.45. The van der Waals surface area contributed by atoms with Crippen LogP contribution in [0, 0.1) is 11.8 Å². The Morgan fingerprint density at radius 3 is 2.74 bits per heavy atom. The minimum atomic E-state index is -4.36. The maximum atomic E-state index is 12.7. The number of alkyl halides is 3. The zero-order valence-corrected chi connectivity index (χ0v) is 15.4. The molecule has 0 saturated carbocycles. The van der Waals surface area contributed by atoms with Gasteiger partial charge in [-0.25, -0.2) is 0 Å². The molecule has 0 bridgehead atoms. The van der Waals surface area contributed by atoms with E-state index in [1.165, 1.54) is 6.07 Å². The molecule has 1 aromatic rings. The molecule has 0 aliphatic carbocycles. The van der Waals surface area contributed by atoms with E-state index in [0.29, 0.717) is 24.1 Å². The van der Waals surface area contributed by atoms with Crippen molar-refractivity contribution in [1.29, 1.82) is 0 Å². The van der Waals surface area contributed by atoms with Crippen molar-refractivity contribution in [3.8, 4) is 11.8 Å². The minimum absolute atomic E-state index is 0.297. The largest absolute Gasteiger partial charge is 0.416 e. The molecule has 7 heteroatoms. The molecule has 1 heterocycles. The summed E-state index contributed by atoms with van der Waals surface area (Å²) in [6.45, 7) is 6.99. The van der Waals surface area contributed by atoms with Gasteiger partial charge in [0, 0.05) is 38.3 Å². The van der Waals surface area contributed by atoms with Gasteiger partial charge >= 0.3 is 6.18 Å². The number of piperidine rings is 1. The van der Waals surface area contributed by atoms with Crippen LogP contribution in [0.25, 0.3) is 0 Å². The van der Waals surface area contributed by atoms with Gasteiger partial charge in [-0.2, -0.15) is 13.2 Å². The summed E-state index contributed by atoms with van der Waals surface area (Å²) in [6, 6.07) is 5.35. The van der Waals surface area contributed by atoms with Gasteiger partial charge < -0.3 is 10.6 Å². The Morgan fingerprint density at radius 1 is 1.37 bits per heavy atom. The van der Waals surface area contributed by atoms with Crippen LogP contribution in [0.15, 0.2) is 41.9 Å². The molecule has 0 aromatic heterocycles. The van der Waals surface area contributed by atoms with Crippen LogP contribution in [0.4, 0.5) is 13.2 Å². The molecule has 4 nitrogen and oxygen atoms in total. The van der Waals surface area contributed by atoms with Crippen LogP contribution >= 0.6 is 0 Å². The topological polar surface area (TPSA) is 39.7 Å². The molecule has 1 fully saturated rings. The van der Waals surface area contributed by atoms with Crippen LogP contribution in [0.2, 0.25) is 0 Å². The highest BCUT2D eigenvalue weighted by Gasteiger charge is 2.30. The lowest BCUT2D eigenvalue weighted by Crippen LogP contribution is -2.48. The number of nitrogens with zero attached hydrogens (tertiary/aromatic N) is 2. The first kappa shape index (κ1) is 20.8. The van der Waals surface area contributed by atoms with E-state index in [4.69, 9.17) is 0 Å². The van der Waals surface area contributed by atoms with E-state index in [0.717, 1.165) is 44.6 Å². The molecule has 2 N–H and O–H groups in total. The number of hydrogen-bond donors (Lipinski definition) is 2. The summed E-state index contributed by atoms with van der Waals surface area (Å²) in [4.78, 5) is 6.53. The van der Waals surface area contributed by atoms with Crippen molar-refractivity contribution in [3.63, 3.8) is 0 Å². The van der Waals surface area contributed by atoms with Gasteiger partial charge in [0.2, 0.25) is 0 Å². The zero-order chi connectivity index (χ0) is 19.7. The van der Waals surface area contributed by atoms with Crippen molar-refractivity contribution >= 4 is 5.96 Å². The summed E-state index contributed by atoms with van der Waals surface area (Å²) in [5.74, 6) is 6.23. The third kappa shape index (κ3) is 6.99. The van der Waals surface area contributed by atoms with Crippen molar-refractivity contribution < 1.29 is 13.2 Å². The molecule has 1 aliphatic heterocycles. The van der Waals surface area contributed by atoms with Crippen LogP contribution < -0.4 is 10.6 Å². The summed E-state index contributed by atoms with van der Waals surface area (Å²) >= 11 is 0. The molecule has 0 radical (unpaired) electrons. The second kappa shape index (κ2) is 10.0. The lowest BCUT2D eigenvalue weighted by Gasteiger charge is -2.32. The van der Waals surface area contributed by atoms with Crippen molar-refractivity contribution in [2.24, 2.45) is 4.99 Å². The highest BCUT2D eigenvalue weighted by atomic mass is 19.4. The normalized spacial score (nSPS) is 16.4. The van der Waals surface area contributed by atoms with Crippen LogP contribution in [-0.4, -0.2) is 50.1 Å². The number of halogens is 3. The Bertz CT molecular complexity index is 708. The average Bonchev–Trinajstić information content (AvgIpc) is 2.65. The third-order valence-electron chi connectivity index (χ3n) is 4.31. The van der Waals surface area contributed by atoms with E-state index in [2.05, 4.69) is 38.9 Å². The number of hydrogen-bond acceptors (Lipinski definition) is 2. The second-order valence-electron chi connectivity index (χ2n) is 6.31. The van der Waals surface area contributed by atoms with E-state index >= 15 is 0 Å². The van der Waals surface area contributed by atoms with E-state index in [1.54, 1.807) is 13.1 Å². The number of aliphatic imine (C=N–C) groups is 1. The molecule has 1 saturated heterocycles. The van der Waals surface area contributed by atoms with Crippen LogP contribution in [-0.2, 0) is 6.18 Å². The van der Waals surface area contributed by atoms with Crippen LogP contribution in [0.5, 0.6) is 0 Å². The summed E-state index contributed by atoms with van der Waals surface area (Å²) in [5.41, 5.74) is -0.355. The fraction of sp³-hybridized carbons (Fsp3) is 0.450. The number of nitrogens with one attached hydrogen (secondary N) is 2. The second-order valence-corrected chi connectivity index (χ2v) is 6.31. The first-order chi connectivity index (χ1) is 12.9. The summed E-state index contributed by atoms with van der Waals surface area (Å²) in [6.07, 6.45) is -0.407. The fourth-order valence-electron chi connectivity index (χ4n) is 2.88. The van der Waals surface area contributed by atoms with Gasteiger partial charge in [0.25, 0.3) is 0 Å². The van der Waals surface area contributed by atoms with Gasteiger partial charge in [0.1, 0.15) is 0 Å². The highest BCUT2D eigenvalue weighted by molar-refractivity contribution is 5.80. The molecule has 0 spiro atoms. The molecule has 0 atom stereocenters. The number of likely N-dealkylation sites (tertiary alicyclic amines) is 1. The fourth-order valence-corrected chi connectivity index (χ4v) is 2.88. The van der Waals surface area contributed by atoms with Crippen molar-refractivity contribution in [3.05, 3.63) is 48.0 Å². The zero-order valence-electron chi connectivity index (χ0n) is 15.4. The lowest BCUT2D eigenvalue weighted by atomic mass is 10.1. The molecule has 2 rings (SSSR count). The number of benzene rings is 1. The number of guanidine groups is 1. The van der Waals surface area contributed by atoms with Gasteiger partial charge in [-0.15, -0.1) is 6.58 Å². The summed E-state index contributed by atoms with van der Waals surface area (Å²) < 4.78 is 38.1. The molecule has 1 aliphatic rings. The first-order valence-electron chi connectivity index (χ1n) is 8.89. The Labute approximate surface area is 158 Å². The van der Waals surface area contributed by atoms with Crippen molar-refractivity contribution in [2.75, 3.05) is 33.2 Å². The molecular weight excluding hydrogens is 353 g/mol. The SMILES string of the molecule is C=CCN1CCC(NC(=NC)NCC#Cc2cccc(C(F)(F)F)c2)CC1. The smallest absolute Gasteiger partial charge is 0.354 e. The molecule has 0 amide bonds. The Balaban J connectivity index is 1.81. The van der Waals surface area contributed by atoms with E-state index in [-0.39, 0.29) is 0 Å². The average molecular weight is 378 g/mol. The van der Waals surface area contributed by atoms with E-state index in [1.807, 2.05) is 6.08 Å². The highest BCUT2D eigenvalue weighted by Crippen LogP contribution is 2.29. The number of rotatable bonds is 4. The van der Waals surface area contributed by atoms with Gasteiger partial charge in [-0.05, 0) is 31.0 Å². The van der Waals surface area contributed by atoms with Gasteiger partial charge in [0.15, 0.2) is 5.96 Å². The maximum absolute atomic E-state index is 12.7. The first-order valence-corrected chi connectivity index (χ1v) is 8.89. The predicted molar refractivity (Wildman–Crippen MR) is 102 cm³/mol. The lowest BCUT2D eigenvalue weighted by molar-refractivity contribution is -0.137. The van der Waals surface area contributed by atoms with Crippen molar-refractivity contribution in [1.82, 2.24) is 15.5 Å². The molecule has 146 valence electrons. The minimum Gasteiger partial charge on any atom is -0.354 e. The third-order valence-corrected chi connectivity index (χ3v) is 4.31. The molecule has 27 heavy (non-hydrogen) atoms. The molecule has 0 unspecified atom stereocenters. The van der Waals surface area contributed by atoms with Crippen LogP contribution in [0.3, 0.4) is 0 Å². The molecule has 1 aromatic carbocycles. The van der Waals surface area contributed by atoms with E-state index in [9.17, 15) is 13.2 Å².